The lowest BCUT2D eigenvalue weighted by molar-refractivity contribution is 0.409. The number of furan rings is 1. The van der Waals surface area contributed by atoms with Gasteiger partial charge in [-0.1, -0.05) is 30.3 Å². The van der Waals surface area contributed by atoms with Gasteiger partial charge in [-0.25, -0.2) is 0 Å². The second-order valence-electron chi connectivity index (χ2n) is 2.98. The first-order chi connectivity index (χ1) is 6.77. The highest BCUT2D eigenvalue weighted by atomic mass is 16.4. The van der Waals surface area contributed by atoms with Crippen LogP contribution in [0.5, 0.6) is 0 Å². The highest BCUT2D eigenvalue weighted by molar-refractivity contribution is 6.57. The summed E-state index contributed by atoms with van der Waals surface area (Å²) in [7, 11) is -1.55. The monoisotopic (exact) mass is 188 g/mol. The van der Waals surface area contributed by atoms with Crippen LogP contribution in [-0.4, -0.2) is 17.2 Å². The molecule has 0 aliphatic carbocycles. The molecule has 0 saturated heterocycles. The van der Waals surface area contributed by atoms with Gasteiger partial charge in [0.25, 0.3) is 0 Å². The van der Waals surface area contributed by atoms with Gasteiger partial charge in [0, 0.05) is 5.56 Å². The third-order valence-corrected chi connectivity index (χ3v) is 1.98. The normalized spacial score (nSPS) is 10.1. The lowest BCUT2D eigenvalue weighted by Crippen LogP contribution is -2.27. The number of benzene rings is 1. The Morgan fingerprint density at radius 3 is 2.29 bits per heavy atom. The Morgan fingerprint density at radius 2 is 1.71 bits per heavy atom. The molecule has 0 atom stereocenters. The minimum absolute atomic E-state index is 0.156. The molecule has 1 aromatic carbocycles. The van der Waals surface area contributed by atoms with Crippen LogP contribution < -0.4 is 5.66 Å². The van der Waals surface area contributed by atoms with Gasteiger partial charge in [-0.05, 0) is 11.6 Å². The fourth-order valence-electron chi connectivity index (χ4n) is 1.27. The van der Waals surface area contributed by atoms with Crippen molar-refractivity contribution in [1.29, 1.82) is 0 Å². The van der Waals surface area contributed by atoms with Gasteiger partial charge in [0.05, 0.1) is 6.26 Å². The molecule has 0 aliphatic rings. The Morgan fingerprint density at radius 1 is 1.00 bits per heavy atom. The van der Waals surface area contributed by atoms with E-state index in [-0.39, 0.29) is 5.66 Å². The van der Waals surface area contributed by atoms with E-state index in [0.29, 0.717) is 0 Å². The van der Waals surface area contributed by atoms with E-state index < -0.39 is 7.12 Å². The number of rotatable bonds is 2. The summed E-state index contributed by atoms with van der Waals surface area (Å²) in [4.78, 5) is 0. The molecule has 4 heteroatoms. The second-order valence-corrected chi connectivity index (χ2v) is 2.98. The van der Waals surface area contributed by atoms with E-state index in [1.807, 2.05) is 30.3 Å². The fourth-order valence-corrected chi connectivity index (χ4v) is 1.27. The third kappa shape index (κ3) is 1.71. The van der Waals surface area contributed by atoms with Crippen LogP contribution in [0.2, 0.25) is 0 Å². The van der Waals surface area contributed by atoms with Crippen molar-refractivity contribution < 1.29 is 14.5 Å². The minimum atomic E-state index is -1.55. The van der Waals surface area contributed by atoms with E-state index in [1.165, 1.54) is 6.26 Å². The quantitative estimate of drug-likeness (QED) is 0.679. The summed E-state index contributed by atoms with van der Waals surface area (Å²) in [5.41, 5.74) is 1.99. The van der Waals surface area contributed by atoms with E-state index in [2.05, 4.69) is 0 Å². The Labute approximate surface area is 81.8 Å². The summed E-state index contributed by atoms with van der Waals surface area (Å²) < 4.78 is 4.98. The number of hydrogen-bond acceptors (Lipinski definition) is 3. The molecule has 0 radical (unpaired) electrons. The molecule has 0 aliphatic heterocycles. The zero-order valence-electron chi connectivity index (χ0n) is 7.42. The van der Waals surface area contributed by atoms with E-state index >= 15 is 0 Å². The zero-order chi connectivity index (χ0) is 9.97. The van der Waals surface area contributed by atoms with Gasteiger partial charge < -0.3 is 14.5 Å². The maximum absolute atomic E-state index is 8.85. The van der Waals surface area contributed by atoms with Gasteiger partial charge in [-0.3, -0.25) is 0 Å². The maximum Gasteiger partial charge on any atom is 0.526 e. The van der Waals surface area contributed by atoms with Gasteiger partial charge >= 0.3 is 7.12 Å². The van der Waals surface area contributed by atoms with E-state index in [4.69, 9.17) is 14.5 Å². The van der Waals surface area contributed by atoms with Crippen molar-refractivity contribution in [3.8, 4) is 11.1 Å². The van der Waals surface area contributed by atoms with Crippen LogP contribution in [-0.2, 0) is 0 Å². The molecule has 1 aromatic heterocycles. The standard InChI is InChI=1S/C10H9BO3/c12-11(13)10-6-9(7-14-10)8-4-2-1-3-5-8/h1-7,12-13H. The molecule has 3 nitrogen and oxygen atoms in total. The van der Waals surface area contributed by atoms with Crippen LogP contribution in [0.4, 0.5) is 0 Å². The first-order valence-electron chi connectivity index (χ1n) is 4.27. The van der Waals surface area contributed by atoms with Gasteiger partial charge in [0.2, 0.25) is 0 Å². The van der Waals surface area contributed by atoms with Gasteiger partial charge in [0.15, 0.2) is 0 Å². The van der Waals surface area contributed by atoms with Gasteiger partial charge in [-0.2, -0.15) is 0 Å². The van der Waals surface area contributed by atoms with Crippen LogP contribution in [0.15, 0.2) is 47.1 Å². The lowest BCUT2D eigenvalue weighted by Gasteiger charge is -1.93. The largest absolute Gasteiger partial charge is 0.526 e. The lowest BCUT2D eigenvalue weighted by atomic mass is 9.87. The summed E-state index contributed by atoms with van der Waals surface area (Å²) in [5, 5.41) is 17.7. The molecular formula is C10H9BO3. The molecular weight excluding hydrogens is 179 g/mol. The van der Waals surface area contributed by atoms with Gasteiger partial charge in [0.1, 0.15) is 5.66 Å². The summed E-state index contributed by atoms with van der Waals surface area (Å²) in [6, 6.07) is 11.2. The predicted molar refractivity (Wildman–Crippen MR) is 54.0 cm³/mol. The van der Waals surface area contributed by atoms with Crippen molar-refractivity contribution in [3.05, 3.63) is 42.7 Å². The first-order valence-corrected chi connectivity index (χ1v) is 4.27. The summed E-state index contributed by atoms with van der Waals surface area (Å²) >= 11 is 0. The SMILES string of the molecule is OB(O)c1cc(-c2ccccc2)co1. The average Bonchev–Trinajstić information content (AvgIpc) is 2.68. The summed E-state index contributed by atoms with van der Waals surface area (Å²) in [5.74, 6) is 0. The van der Waals surface area contributed by atoms with Crippen molar-refractivity contribution in [1.82, 2.24) is 0 Å². The molecule has 1 heterocycles. The van der Waals surface area contributed by atoms with Crippen LogP contribution in [0, 0.1) is 0 Å². The van der Waals surface area contributed by atoms with Crippen molar-refractivity contribution in [2.45, 2.75) is 0 Å². The molecule has 2 N–H and O–H groups in total. The highest BCUT2D eigenvalue weighted by Gasteiger charge is 2.16. The Bertz CT molecular complexity index is 408. The molecule has 0 fully saturated rings. The van der Waals surface area contributed by atoms with Crippen LogP contribution >= 0.6 is 0 Å². The molecule has 0 bridgehead atoms. The molecule has 14 heavy (non-hydrogen) atoms. The predicted octanol–water partition coefficient (Wildman–Crippen LogP) is 0.626. The maximum atomic E-state index is 8.85. The smallest absolute Gasteiger partial charge is 0.472 e. The second kappa shape index (κ2) is 3.70. The Kier molecular flexibility index (Phi) is 2.39. The fraction of sp³-hybridized carbons (Fsp3) is 0. The topological polar surface area (TPSA) is 53.6 Å². The summed E-state index contributed by atoms with van der Waals surface area (Å²) in [6.45, 7) is 0. The Balaban J connectivity index is 2.34. The minimum Gasteiger partial charge on any atom is -0.472 e. The molecule has 0 saturated carbocycles. The van der Waals surface area contributed by atoms with Crippen molar-refractivity contribution in [2.75, 3.05) is 0 Å². The van der Waals surface area contributed by atoms with Gasteiger partial charge in [-0.15, -0.1) is 0 Å². The van der Waals surface area contributed by atoms with E-state index in [9.17, 15) is 0 Å². The van der Waals surface area contributed by atoms with E-state index in [1.54, 1.807) is 6.07 Å². The Hall–Kier alpha value is -1.52. The number of hydrogen-bond donors (Lipinski definition) is 2. The highest BCUT2D eigenvalue weighted by Crippen LogP contribution is 2.17. The molecule has 0 spiro atoms. The summed E-state index contributed by atoms with van der Waals surface area (Å²) in [6.07, 6.45) is 1.50. The average molecular weight is 188 g/mol. The van der Waals surface area contributed by atoms with Crippen LogP contribution in [0.25, 0.3) is 11.1 Å². The van der Waals surface area contributed by atoms with Crippen LogP contribution in [0.3, 0.4) is 0 Å². The molecule has 2 aromatic rings. The van der Waals surface area contributed by atoms with E-state index in [0.717, 1.165) is 11.1 Å². The molecule has 2 rings (SSSR count). The molecule has 0 unspecified atom stereocenters. The molecule has 70 valence electrons. The zero-order valence-corrected chi connectivity index (χ0v) is 7.42. The first kappa shape index (κ1) is 9.06. The van der Waals surface area contributed by atoms with Crippen molar-refractivity contribution >= 4 is 12.8 Å². The third-order valence-electron chi connectivity index (χ3n) is 1.98. The van der Waals surface area contributed by atoms with Crippen molar-refractivity contribution in [2.24, 2.45) is 0 Å². The van der Waals surface area contributed by atoms with Crippen molar-refractivity contribution in [3.63, 3.8) is 0 Å². The molecule has 0 amide bonds. The van der Waals surface area contributed by atoms with Crippen LogP contribution in [0.1, 0.15) is 0 Å².